The number of carbonyl (C=O) groups is 1. The molecule has 1 aromatic rings. The average molecular weight is 194 g/mol. The number of hydrogen-bond acceptors (Lipinski definition) is 2. The summed E-state index contributed by atoms with van der Waals surface area (Å²) >= 11 is 1.68. The highest BCUT2D eigenvalue weighted by Gasteiger charge is 2.07. The minimum atomic E-state index is 0.122. The van der Waals surface area contributed by atoms with Crippen LogP contribution in [-0.2, 0) is 4.79 Å². The maximum atomic E-state index is 11.0. The second-order valence-electron chi connectivity index (χ2n) is 3.34. The largest absolute Gasteiger partial charge is 0.295 e. The normalized spacial score (nSPS) is 12.2. The molecule has 0 saturated heterocycles. The first-order chi connectivity index (χ1) is 6.11. The topological polar surface area (TPSA) is 17.1 Å². The molecular formula is C11H14OS. The summed E-state index contributed by atoms with van der Waals surface area (Å²) in [7, 11) is 0. The summed E-state index contributed by atoms with van der Waals surface area (Å²) in [6, 6.07) is 4.07. The first-order valence-corrected chi connectivity index (χ1v) is 5.25. The van der Waals surface area contributed by atoms with Gasteiger partial charge in [-0.3, -0.25) is 4.79 Å². The zero-order valence-electron chi connectivity index (χ0n) is 8.20. The molecule has 0 unspecified atom stereocenters. The molecule has 0 N–H and O–H groups in total. The minimum absolute atomic E-state index is 0.122. The predicted octanol–water partition coefficient (Wildman–Crippen LogP) is 3.38. The highest BCUT2D eigenvalue weighted by Crippen LogP contribution is 2.26. The van der Waals surface area contributed by atoms with Crippen LogP contribution in [0, 0.1) is 5.92 Å². The highest BCUT2D eigenvalue weighted by molar-refractivity contribution is 7.11. The Morgan fingerprint density at radius 2 is 2.23 bits per heavy atom. The summed E-state index contributed by atoms with van der Waals surface area (Å²) in [5, 5.41) is 2.03. The van der Waals surface area contributed by atoms with Crippen LogP contribution in [0.15, 0.2) is 23.6 Å². The lowest BCUT2D eigenvalue weighted by Crippen LogP contribution is -1.94. The van der Waals surface area contributed by atoms with E-state index in [0.29, 0.717) is 5.92 Å². The van der Waals surface area contributed by atoms with Crippen molar-refractivity contribution >= 4 is 22.7 Å². The average Bonchev–Trinajstić information content (AvgIpc) is 2.50. The Morgan fingerprint density at radius 1 is 1.54 bits per heavy atom. The van der Waals surface area contributed by atoms with Gasteiger partial charge in [-0.25, -0.2) is 0 Å². The van der Waals surface area contributed by atoms with E-state index >= 15 is 0 Å². The van der Waals surface area contributed by atoms with E-state index in [4.69, 9.17) is 0 Å². The predicted molar refractivity (Wildman–Crippen MR) is 57.8 cm³/mol. The summed E-state index contributed by atoms with van der Waals surface area (Å²) in [5.74, 6) is 0.527. The maximum Gasteiger partial charge on any atom is 0.152 e. The van der Waals surface area contributed by atoms with Gasteiger partial charge in [0.1, 0.15) is 0 Å². The summed E-state index contributed by atoms with van der Waals surface area (Å²) in [4.78, 5) is 12.2. The van der Waals surface area contributed by atoms with E-state index in [1.165, 1.54) is 4.88 Å². The van der Waals surface area contributed by atoms with E-state index in [0.717, 1.165) is 5.57 Å². The van der Waals surface area contributed by atoms with Gasteiger partial charge < -0.3 is 0 Å². The molecule has 1 rings (SSSR count). The van der Waals surface area contributed by atoms with Crippen LogP contribution >= 0.6 is 11.3 Å². The zero-order chi connectivity index (χ0) is 9.84. The second-order valence-corrected chi connectivity index (χ2v) is 4.29. The Kier molecular flexibility index (Phi) is 3.43. The molecule has 0 atom stereocenters. The van der Waals surface area contributed by atoms with E-state index in [-0.39, 0.29) is 5.78 Å². The monoisotopic (exact) mass is 194 g/mol. The molecule has 70 valence electrons. The van der Waals surface area contributed by atoms with Crippen molar-refractivity contribution in [3.63, 3.8) is 0 Å². The molecule has 0 bridgehead atoms. The fourth-order valence-corrected chi connectivity index (χ4v) is 2.08. The summed E-state index contributed by atoms with van der Waals surface area (Å²) in [6.07, 6.45) is 1.73. The van der Waals surface area contributed by atoms with Gasteiger partial charge in [0.05, 0.1) is 0 Å². The van der Waals surface area contributed by atoms with Gasteiger partial charge in [0.15, 0.2) is 5.78 Å². The van der Waals surface area contributed by atoms with Crippen molar-refractivity contribution in [1.29, 1.82) is 0 Å². The molecule has 1 aromatic heterocycles. The van der Waals surface area contributed by atoms with Gasteiger partial charge in [-0.1, -0.05) is 19.9 Å². The molecule has 13 heavy (non-hydrogen) atoms. The Balaban J connectivity index is 3.00. The molecule has 0 radical (unpaired) electrons. The van der Waals surface area contributed by atoms with Gasteiger partial charge in [-0.15, -0.1) is 11.3 Å². The van der Waals surface area contributed by atoms with Crippen molar-refractivity contribution in [2.24, 2.45) is 5.92 Å². The number of hydrogen-bond donors (Lipinski definition) is 0. The molecular weight excluding hydrogens is 180 g/mol. The van der Waals surface area contributed by atoms with E-state index in [1.807, 2.05) is 11.4 Å². The molecule has 2 heteroatoms. The lowest BCUT2D eigenvalue weighted by atomic mass is 10.0. The van der Waals surface area contributed by atoms with Crippen molar-refractivity contribution in [3.05, 3.63) is 28.5 Å². The van der Waals surface area contributed by atoms with Gasteiger partial charge in [0, 0.05) is 4.88 Å². The zero-order valence-corrected chi connectivity index (χ0v) is 9.02. The van der Waals surface area contributed by atoms with Gasteiger partial charge in [-0.2, -0.15) is 0 Å². The third-order valence-electron chi connectivity index (χ3n) is 1.79. The minimum Gasteiger partial charge on any atom is -0.295 e. The molecule has 0 fully saturated rings. The molecule has 0 aliphatic carbocycles. The standard InChI is InChI=1S/C11H14OS/c1-8(2)10(7-9(3)12)11-5-4-6-13-11/h4-8H,1-3H3/b10-7-. The molecule has 0 amide bonds. The molecule has 0 spiro atoms. The van der Waals surface area contributed by atoms with E-state index < -0.39 is 0 Å². The Morgan fingerprint density at radius 3 is 2.62 bits per heavy atom. The third kappa shape index (κ3) is 2.81. The second kappa shape index (κ2) is 4.38. The van der Waals surface area contributed by atoms with Crippen LogP contribution in [0.3, 0.4) is 0 Å². The van der Waals surface area contributed by atoms with Crippen molar-refractivity contribution in [3.8, 4) is 0 Å². The van der Waals surface area contributed by atoms with E-state index in [1.54, 1.807) is 24.3 Å². The molecule has 1 heterocycles. The number of thiophene rings is 1. The smallest absolute Gasteiger partial charge is 0.152 e. The summed E-state index contributed by atoms with van der Waals surface area (Å²) < 4.78 is 0. The van der Waals surface area contributed by atoms with E-state index in [9.17, 15) is 4.79 Å². The van der Waals surface area contributed by atoms with Gasteiger partial charge in [-0.05, 0) is 35.9 Å². The first kappa shape index (κ1) is 10.2. The van der Waals surface area contributed by atoms with Gasteiger partial charge >= 0.3 is 0 Å². The SMILES string of the molecule is CC(=O)/C=C(\c1cccs1)C(C)C. The highest BCUT2D eigenvalue weighted by atomic mass is 32.1. The Bertz CT molecular complexity index is 307. The van der Waals surface area contributed by atoms with Gasteiger partial charge in [0.2, 0.25) is 0 Å². The van der Waals surface area contributed by atoms with Crippen LogP contribution in [-0.4, -0.2) is 5.78 Å². The molecule has 0 aromatic carbocycles. The van der Waals surface area contributed by atoms with E-state index in [2.05, 4.69) is 19.9 Å². The third-order valence-corrected chi connectivity index (χ3v) is 2.71. The molecule has 0 aliphatic rings. The van der Waals surface area contributed by atoms with Crippen molar-refractivity contribution in [2.75, 3.05) is 0 Å². The maximum absolute atomic E-state index is 11.0. The number of allylic oxidation sites excluding steroid dienone is 2. The van der Waals surface area contributed by atoms with Crippen LogP contribution in [0.1, 0.15) is 25.6 Å². The number of rotatable bonds is 3. The van der Waals surface area contributed by atoms with Crippen LogP contribution in [0.4, 0.5) is 0 Å². The number of carbonyl (C=O) groups excluding carboxylic acids is 1. The summed E-state index contributed by atoms with van der Waals surface area (Å²) in [6.45, 7) is 5.80. The quantitative estimate of drug-likeness (QED) is 0.674. The molecule has 0 saturated carbocycles. The fourth-order valence-electron chi connectivity index (χ4n) is 1.18. The van der Waals surface area contributed by atoms with Crippen LogP contribution in [0.5, 0.6) is 0 Å². The first-order valence-electron chi connectivity index (χ1n) is 4.37. The molecule has 1 nitrogen and oxygen atoms in total. The molecule has 0 aliphatic heterocycles. The van der Waals surface area contributed by atoms with Crippen molar-refractivity contribution in [1.82, 2.24) is 0 Å². The lowest BCUT2D eigenvalue weighted by Gasteiger charge is -2.07. The van der Waals surface area contributed by atoms with Crippen LogP contribution in [0.25, 0.3) is 5.57 Å². The van der Waals surface area contributed by atoms with Crippen molar-refractivity contribution < 1.29 is 4.79 Å². The van der Waals surface area contributed by atoms with Crippen LogP contribution < -0.4 is 0 Å². The van der Waals surface area contributed by atoms with Gasteiger partial charge in [0.25, 0.3) is 0 Å². The Labute approximate surface area is 83.1 Å². The van der Waals surface area contributed by atoms with Crippen LogP contribution in [0.2, 0.25) is 0 Å². The summed E-state index contributed by atoms with van der Waals surface area (Å²) in [5.41, 5.74) is 1.14. The van der Waals surface area contributed by atoms with Crippen molar-refractivity contribution in [2.45, 2.75) is 20.8 Å². The number of ketones is 1. The fraction of sp³-hybridized carbons (Fsp3) is 0.364. The lowest BCUT2D eigenvalue weighted by molar-refractivity contribution is -0.112. The Hall–Kier alpha value is -0.890.